The summed E-state index contributed by atoms with van der Waals surface area (Å²) in [6.45, 7) is 0. The molecule has 1 amide bonds. The fourth-order valence-electron chi connectivity index (χ4n) is 5.69. The molecule has 2 aromatic rings. The van der Waals surface area contributed by atoms with Crippen LogP contribution >= 0.6 is 23.1 Å². The first-order valence-electron chi connectivity index (χ1n) is 9.15. The van der Waals surface area contributed by atoms with Gasteiger partial charge in [-0.3, -0.25) is 9.59 Å². The van der Waals surface area contributed by atoms with Gasteiger partial charge in [-0.05, 0) is 56.3 Å². The van der Waals surface area contributed by atoms with Gasteiger partial charge in [0.1, 0.15) is 10.4 Å². The van der Waals surface area contributed by atoms with Gasteiger partial charge >= 0.3 is 0 Å². The number of H-pyrrole nitrogens is 1. The number of aromatic amines is 1. The van der Waals surface area contributed by atoms with Gasteiger partial charge < -0.3 is 15.4 Å². The van der Waals surface area contributed by atoms with E-state index in [2.05, 4.69) is 15.3 Å². The molecule has 0 unspecified atom stereocenters. The number of aromatic nitrogens is 2. The van der Waals surface area contributed by atoms with Crippen molar-refractivity contribution in [2.75, 3.05) is 5.75 Å². The van der Waals surface area contributed by atoms with Crippen molar-refractivity contribution in [3.63, 3.8) is 0 Å². The predicted octanol–water partition coefficient (Wildman–Crippen LogP) is 2.87. The van der Waals surface area contributed by atoms with E-state index in [1.54, 1.807) is 0 Å². The summed E-state index contributed by atoms with van der Waals surface area (Å²) >= 11 is 2.66. The zero-order valence-corrected chi connectivity index (χ0v) is 15.9. The van der Waals surface area contributed by atoms with E-state index in [1.165, 1.54) is 42.4 Å². The highest BCUT2D eigenvalue weighted by atomic mass is 32.2. The van der Waals surface area contributed by atoms with Crippen LogP contribution in [-0.4, -0.2) is 32.3 Å². The van der Waals surface area contributed by atoms with Crippen LogP contribution < -0.4 is 10.9 Å². The second-order valence-electron chi connectivity index (χ2n) is 8.21. The molecule has 2 heterocycles. The highest BCUT2D eigenvalue weighted by Crippen LogP contribution is 2.55. The summed E-state index contributed by atoms with van der Waals surface area (Å²) in [5, 5.41) is 13.2. The molecule has 0 atom stereocenters. The standard InChI is InChI=1S/C18H21N3O3S2/c22-12-4-13(23)19-16-15(12)26-17(20-16)25-8-14(24)21-18-5-9-1-10(6-18)3-11(2-9)7-18/h4,9-11H,1-3,5-8H2,(H,21,24)(H2,19,22,23). The molecule has 4 fully saturated rings. The van der Waals surface area contributed by atoms with Crippen LogP contribution in [0.25, 0.3) is 10.3 Å². The molecule has 6 nitrogen and oxygen atoms in total. The summed E-state index contributed by atoms with van der Waals surface area (Å²) in [6, 6.07) is 1.15. The quantitative estimate of drug-likeness (QED) is 0.697. The molecule has 3 N–H and O–H groups in total. The maximum atomic E-state index is 12.6. The Labute approximate surface area is 158 Å². The van der Waals surface area contributed by atoms with Gasteiger partial charge in [0.05, 0.1) is 5.75 Å². The Morgan fingerprint density at radius 2 is 1.96 bits per heavy atom. The lowest BCUT2D eigenvalue weighted by molar-refractivity contribution is -0.124. The van der Waals surface area contributed by atoms with Gasteiger partial charge in [-0.1, -0.05) is 11.8 Å². The van der Waals surface area contributed by atoms with Crippen LogP contribution in [0.15, 0.2) is 15.2 Å². The number of aromatic hydroxyl groups is 1. The highest BCUT2D eigenvalue weighted by molar-refractivity contribution is 8.01. The summed E-state index contributed by atoms with van der Waals surface area (Å²) in [7, 11) is 0. The lowest BCUT2D eigenvalue weighted by atomic mass is 9.53. The van der Waals surface area contributed by atoms with Gasteiger partial charge in [0.25, 0.3) is 5.56 Å². The number of nitrogens with one attached hydrogen (secondary N) is 2. The van der Waals surface area contributed by atoms with Crippen LogP contribution in [0.3, 0.4) is 0 Å². The van der Waals surface area contributed by atoms with Gasteiger partial charge in [0, 0.05) is 11.6 Å². The van der Waals surface area contributed by atoms with Crippen molar-refractivity contribution in [3.8, 4) is 5.75 Å². The lowest BCUT2D eigenvalue weighted by Crippen LogP contribution is -2.60. The fourth-order valence-corrected chi connectivity index (χ4v) is 7.50. The number of rotatable bonds is 4. The Kier molecular flexibility index (Phi) is 3.83. The largest absolute Gasteiger partial charge is 0.506 e. The summed E-state index contributed by atoms with van der Waals surface area (Å²) < 4.78 is 1.23. The zero-order valence-electron chi connectivity index (χ0n) is 14.3. The van der Waals surface area contributed by atoms with E-state index in [1.807, 2.05) is 0 Å². The molecule has 0 saturated heterocycles. The molecule has 26 heavy (non-hydrogen) atoms. The van der Waals surface area contributed by atoms with Crippen molar-refractivity contribution in [2.24, 2.45) is 17.8 Å². The average molecular weight is 392 g/mol. The van der Waals surface area contributed by atoms with Crippen LogP contribution in [-0.2, 0) is 4.79 Å². The number of amides is 1. The summed E-state index contributed by atoms with van der Waals surface area (Å²) in [4.78, 5) is 30.9. The van der Waals surface area contributed by atoms with Gasteiger partial charge in [-0.25, -0.2) is 4.98 Å². The van der Waals surface area contributed by atoms with E-state index in [0.29, 0.717) is 20.4 Å². The number of fused-ring (bicyclic) bond motifs is 1. The third kappa shape index (κ3) is 2.93. The van der Waals surface area contributed by atoms with Crippen molar-refractivity contribution in [3.05, 3.63) is 16.4 Å². The van der Waals surface area contributed by atoms with Crippen molar-refractivity contribution in [2.45, 2.75) is 48.4 Å². The normalized spacial score (nSPS) is 32.2. The van der Waals surface area contributed by atoms with E-state index in [4.69, 9.17) is 0 Å². The van der Waals surface area contributed by atoms with E-state index >= 15 is 0 Å². The molecule has 6 rings (SSSR count). The Morgan fingerprint density at radius 1 is 1.31 bits per heavy atom. The van der Waals surface area contributed by atoms with E-state index < -0.39 is 0 Å². The van der Waals surface area contributed by atoms with Crippen molar-refractivity contribution in [1.29, 1.82) is 0 Å². The van der Waals surface area contributed by atoms with Gasteiger partial charge in [-0.15, -0.1) is 11.3 Å². The average Bonchev–Trinajstić information content (AvgIpc) is 2.94. The van der Waals surface area contributed by atoms with Crippen molar-refractivity contribution < 1.29 is 9.90 Å². The second kappa shape index (κ2) is 5.99. The third-order valence-electron chi connectivity index (χ3n) is 6.12. The number of hydrogen-bond acceptors (Lipinski definition) is 6. The number of carbonyl (C=O) groups is 1. The Bertz CT molecular complexity index is 900. The topological polar surface area (TPSA) is 95.1 Å². The molecule has 138 valence electrons. The number of nitrogens with zero attached hydrogens (tertiary/aromatic N) is 1. The molecule has 0 aliphatic heterocycles. The SMILES string of the molecule is O=C(CSc1nc2[nH]c(=O)cc(O)c2s1)NC12CC3CC(CC(C3)C1)C2. The first kappa shape index (κ1) is 16.6. The molecule has 4 aliphatic rings. The van der Waals surface area contributed by atoms with Crippen LogP contribution in [0.4, 0.5) is 0 Å². The van der Waals surface area contributed by atoms with Crippen LogP contribution in [0.5, 0.6) is 5.75 Å². The van der Waals surface area contributed by atoms with Crippen LogP contribution in [0.1, 0.15) is 38.5 Å². The molecule has 8 heteroatoms. The van der Waals surface area contributed by atoms with Gasteiger partial charge in [0.15, 0.2) is 9.99 Å². The number of thioether (sulfide) groups is 1. The first-order valence-corrected chi connectivity index (χ1v) is 10.9. The number of hydrogen-bond donors (Lipinski definition) is 3. The summed E-state index contributed by atoms with van der Waals surface area (Å²) in [5.41, 5.74) is 0.0316. The smallest absolute Gasteiger partial charge is 0.253 e. The molecular weight excluding hydrogens is 370 g/mol. The molecule has 0 spiro atoms. The molecule has 4 bridgehead atoms. The monoisotopic (exact) mass is 391 g/mol. The van der Waals surface area contributed by atoms with Gasteiger partial charge in [0.2, 0.25) is 5.91 Å². The fraction of sp³-hybridized carbons (Fsp3) is 0.611. The molecule has 0 aromatic carbocycles. The molecular formula is C18H21N3O3S2. The number of carbonyl (C=O) groups excluding carboxylic acids is 1. The molecule has 4 aliphatic carbocycles. The summed E-state index contributed by atoms with van der Waals surface area (Å²) in [5.74, 6) is 2.72. The molecule has 0 radical (unpaired) electrons. The Morgan fingerprint density at radius 3 is 2.62 bits per heavy atom. The maximum absolute atomic E-state index is 12.6. The first-order chi connectivity index (χ1) is 12.5. The van der Waals surface area contributed by atoms with E-state index in [0.717, 1.165) is 43.1 Å². The van der Waals surface area contributed by atoms with E-state index in [9.17, 15) is 14.7 Å². The van der Waals surface area contributed by atoms with Crippen LogP contribution in [0.2, 0.25) is 0 Å². The number of thiazole rings is 1. The highest BCUT2D eigenvalue weighted by Gasteiger charge is 2.51. The molecule has 4 saturated carbocycles. The van der Waals surface area contributed by atoms with Crippen molar-refractivity contribution in [1.82, 2.24) is 15.3 Å². The van der Waals surface area contributed by atoms with Crippen LogP contribution in [0, 0.1) is 17.8 Å². The second-order valence-corrected chi connectivity index (χ2v) is 10.4. The minimum Gasteiger partial charge on any atom is -0.506 e. The number of pyridine rings is 1. The van der Waals surface area contributed by atoms with Gasteiger partial charge in [-0.2, -0.15) is 0 Å². The summed E-state index contributed by atoms with van der Waals surface area (Å²) in [6.07, 6.45) is 7.51. The Balaban J connectivity index is 1.25. The Hall–Kier alpha value is -1.54. The minimum absolute atomic E-state index is 0.0312. The molecule has 2 aromatic heterocycles. The van der Waals surface area contributed by atoms with E-state index in [-0.39, 0.29) is 22.8 Å². The minimum atomic E-state index is -0.378. The third-order valence-corrected chi connectivity index (χ3v) is 8.34. The van der Waals surface area contributed by atoms with Crippen molar-refractivity contribution >= 4 is 39.4 Å². The predicted molar refractivity (Wildman–Crippen MR) is 102 cm³/mol. The maximum Gasteiger partial charge on any atom is 0.253 e. The lowest BCUT2D eigenvalue weighted by Gasteiger charge is -2.56. The zero-order chi connectivity index (χ0) is 17.9.